The Bertz CT molecular complexity index is 1220. The SMILES string of the molecule is O=C(CCNS(=O)(=O)c1ccc2c(c1)CCCC2)Nc1ncccc1OCc1ccncc1. The topological polar surface area (TPSA) is 110 Å². The summed E-state index contributed by atoms with van der Waals surface area (Å²) in [4.78, 5) is 20.8. The Morgan fingerprint density at radius 2 is 1.79 bits per heavy atom. The number of sulfonamides is 1. The van der Waals surface area contributed by atoms with Crippen LogP contribution in [0.15, 0.2) is 66.0 Å². The van der Waals surface area contributed by atoms with Crippen LogP contribution in [0.5, 0.6) is 5.75 Å². The molecule has 4 rings (SSSR count). The van der Waals surface area contributed by atoms with Gasteiger partial charge in [0.25, 0.3) is 0 Å². The van der Waals surface area contributed by atoms with Gasteiger partial charge in [-0.2, -0.15) is 0 Å². The summed E-state index contributed by atoms with van der Waals surface area (Å²) in [5.41, 5.74) is 3.25. The number of aryl methyl sites for hydroxylation is 2. The third-order valence-corrected chi connectivity index (χ3v) is 6.91. The molecule has 2 N–H and O–H groups in total. The molecular weight excluding hydrogens is 440 g/mol. The summed E-state index contributed by atoms with van der Waals surface area (Å²) in [6, 6.07) is 12.4. The maximum absolute atomic E-state index is 12.7. The number of carbonyl (C=O) groups excluding carboxylic acids is 1. The number of aromatic nitrogens is 2. The summed E-state index contributed by atoms with van der Waals surface area (Å²) >= 11 is 0. The number of rotatable bonds is 9. The standard InChI is InChI=1S/C24H26N4O4S/c29-23(28-24-22(6-3-12-26-24)32-17-18-9-13-25-14-10-18)11-15-27-33(30,31)21-8-7-19-4-1-2-5-20(19)16-21/h3,6-10,12-14,16,27H,1-2,4-5,11,15,17H2,(H,26,28,29). The maximum atomic E-state index is 12.7. The summed E-state index contributed by atoms with van der Waals surface area (Å²) in [6.07, 6.45) is 8.97. The molecule has 172 valence electrons. The van der Waals surface area contributed by atoms with Crippen LogP contribution in [0.4, 0.5) is 5.82 Å². The highest BCUT2D eigenvalue weighted by Gasteiger charge is 2.18. The molecule has 0 saturated carbocycles. The van der Waals surface area contributed by atoms with Gasteiger partial charge >= 0.3 is 0 Å². The van der Waals surface area contributed by atoms with E-state index in [1.165, 1.54) is 5.56 Å². The molecule has 9 heteroatoms. The predicted molar refractivity (Wildman–Crippen MR) is 124 cm³/mol. The normalized spacial score (nSPS) is 13.2. The van der Waals surface area contributed by atoms with Crippen molar-refractivity contribution in [1.29, 1.82) is 0 Å². The molecule has 0 bridgehead atoms. The highest BCUT2D eigenvalue weighted by molar-refractivity contribution is 7.89. The maximum Gasteiger partial charge on any atom is 0.240 e. The van der Waals surface area contributed by atoms with E-state index < -0.39 is 10.0 Å². The second kappa shape index (κ2) is 10.5. The number of ether oxygens (including phenoxy) is 1. The van der Waals surface area contributed by atoms with Crippen molar-refractivity contribution in [3.05, 3.63) is 77.7 Å². The summed E-state index contributed by atoms with van der Waals surface area (Å²) < 4.78 is 33.6. The largest absolute Gasteiger partial charge is 0.485 e. The molecule has 1 aromatic carbocycles. The number of carbonyl (C=O) groups is 1. The zero-order valence-electron chi connectivity index (χ0n) is 18.2. The van der Waals surface area contributed by atoms with Crippen molar-refractivity contribution >= 4 is 21.7 Å². The Morgan fingerprint density at radius 3 is 2.61 bits per heavy atom. The summed E-state index contributed by atoms with van der Waals surface area (Å²) in [6.45, 7) is 0.281. The molecule has 0 fully saturated rings. The Balaban J connectivity index is 1.31. The smallest absolute Gasteiger partial charge is 0.240 e. The minimum atomic E-state index is -3.69. The van der Waals surface area contributed by atoms with E-state index in [-0.39, 0.29) is 29.6 Å². The van der Waals surface area contributed by atoms with Crippen molar-refractivity contribution in [2.24, 2.45) is 0 Å². The van der Waals surface area contributed by atoms with E-state index in [2.05, 4.69) is 20.0 Å². The van der Waals surface area contributed by atoms with Gasteiger partial charge in [-0.1, -0.05) is 6.07 Å². The molecular formula is C24H26N4O4S. The molecule has 3 aromatic rings. The van der Waals surface area contributed by atoms with Crippen LogP contribution in [-0.4, -0.2) is 30.8 Å². The Morgan fingerprint density at radius 1 is 1.00 bits per heavy atom. The van der Waals surface area contributed by atoms with Crippen LogP contribution in [0.25, 0.3) is 0 Å². The fourth-order valence-electron chi connectivity index (χ4n) is 3.69. The van der Waals surface area contributed by atoms with Crippen LogP contribution in [0.2, 0.25) is 0 Å². The predicted octanol–water partition coefficient (Wildman–Crippen LogP) is 3.24. The molecule has 33 heavy (non-hydrogen) atoms. The molecule has 8 nitrogen and oxygen atoms in total. The monoisotopic (exact) mass is 466 g/mol. The molecule has 0 saturated heterocycles. The number of hydrogen-bond acceptors (Lipinski definition) is 6. The zero-order valence-corrected chi connectivity index (χ0v) is 19.0. The second-order valence-electron chi connectivity index (χ2n) is 7.83. The molecule has 2 aromatic heterocycles. The van der Waals surface area contributed by atoms with Crippen molar-refractivity contribution in [1.82, 2.24) is 14.7 Å². The van der Waals surface area contributed by atoms with Crippen molar-refractivity contribution in [2.45, 2.75) is 43.6 Å². The zero-order chi connectivity index (χ0) is 23.1. The van der Waals surface area contributed by atoms with Crippen molar-refractivity contribution in [2.75, 3.05) is 11.9 Å². The molecule has 0 unspecified atom stereocenters. The van der Waals surface area contributed by atoms with Crippen LogP contribution < -0.4 is 14.8 Å². The van der Waals surface area contributed by atoms with Crippen LogP contribution in [-0.2, 0) is 34.3 Å². The minimum absolute atomic E-state index is 0.0225. The van der Waals surface area contributed by atoms with Gasteiger partial charge < -0.3 is 10.1 Å². The molecule has 0 radical (unpaired) electrons. The molecule has 2 heterocycles. The lowest BCUT2D eigenvalue weighted by Gasteiger charge is -2.16. The average molecular weight is 467 g/mol. The number of amides is 1. The van der Waals surface area contributed by atoms with E-state index >= 15 is 0 Å². The first-order chi connectivity index (χ1) is 16.0. The van der Waals surface area contributed by atoms with Crippen molar-refractivity contribution in [3.63, 3.8) is 0 Å². The molecule has 1 amide bonds. The number of nitrogens with zero attached hydrogens (tertiary/aromatic N) is 2. The molecule has 0 spiro atoms. The van der Waals surface area contributed by atoms with Gasteiger partial charge in [0.2, 0.25) is 15.9 Å². The third-order valence-electron chi connectivity index (χ3n) is 5.45. The van der Waals surface area contributed by atoms with Gasteiger partial charge in [0.15, 0.2) is 11.6 Å². The van der Waals surface area contributed by atoms with E-state index in [1.807, 2.05) is 18.2 Å². The highest BCUT2D eigenvalue weighted by atomic mass is 32.2. The summed E-state index contributed by atoms with van der Waals surface area (Å²) in [5, 5.41) is 2.69. The molecule has 1 aliphatic rings. The molecule has 1 aliphatic carbocycles. The quantitative estimate of drug-likeness (QED) is 0.501. The van der Waals surface area contributed by atoms with Crippen LogP contribution in [0.3, 0.4) is 0 Å². The van der Waals surface area contributed by atoms with E-state index in [0.717, 1.165) is 36.8 Å². The lowest BCUT2D eigenvalue weighted by atomic mass is 9.92. The molecule has 0 atom stereocenters. The fraction of sp³-hybridized carbons (Fsp3) is 0.292. The first-order valence-electron chi connectivity index (χ1n) is 10.9. The lowest BCUT2D eigenvalue weighted by molar-refractivity contribution is -0.116. The van der Waals surface area contributed by atoms with Gasteiger partial charge in [-0.3, -0.25) is 9.78 Å². The summed E-state index contributed by atoms with van der Waals surface area (Å²) in [5.74, 6) is 0.349. The van der Waals surface area contributed by atoms with E-state index in [1.54, 1.807) is 42.9 Å². The Kier molecular flexibility index (Phi) is 7.31. The Labute approximate surface area is 193 Å². The number of pyridine rings is 2. The van der Waals surface area contributed by atoms with Crippen LogP contribution in [0, 0.1) is 0 Å². The fourth-order valence-corrected chi connectivity index (χ4v) is 4.78. The van der Waals surface area contributed by atoms with Gasteiger partial charge in [-0.05, 0) is 78.8 Å². The van der Waals surface area contributed by atoms with Crippen LogP contribution in [0.1, 0.15) is 36.0 Å². The number of nitrogens with one attached hydrogen (secondary N) is 2. The van der Waals surface area contributed by atoms with Gasteiger partial charge in [-0.15, -0.1) is 0 Å². The second-order valence-corrected chi connectivity index (χ2v) is 9.59. The Hall–Kier alpha value is -3.30. The number of benzene rings is 1. The number of anilines is 1. The van der Waals surface area contributed by atoms with Crippen molar-refractivity contribution < 1.29 is 17.9 Å². The van der Waals surface area contributed by atoms with Crippen molar-refractivity contribution in [3.8, 4) is 5.75 Å². The van der Waals surface area contributed by atoms with E-state index in [9.17, 15) is 13.2 Å². The number of fused-ring (bicyclic) bond motifs is 1. The van der Waals surface area contributed by atoms with Gasteiger partial charge in [0.1, 0.15) is 6.61 Å². The number of hydrogen-bond donors (Lipinski definition) is 2. The van der Waals surface area contributed by atoms with Gasteiger partial charge in [0.05, 0.1) is 4.90 Å². The minimum Gasteiger partial charge on any atom is -0.485 e. The van der Waals surface area contributed by atoms with Crippen LogP contribution >= 0.6 is 0 Å². The molecule has 0 aliphatic heterocycles. The highest BCUT2D eigenvalue weighted by Crippen LogP contribution is 2.24. The first kappa shape index (κ1) is 22.9. The third kappa shape index (κ3) is 6.15. The summed E-state index contributed by atoms with van der Waals surface area (Å²) in [7, 11) is -3.69. The van der Waals surface area contributed by atoms with Gasteiger partial charge in [-0.25, -0.2) is 18.1 Å². The lowest BCUT2D eigenvalue weighted by Crippen LogP contribution is -2.28. The average Bonchev–Trinajstić information content (AvgIpc) is 2.83. The first-order valence-corrected chi connectivity index (χ1v) is 12.4. The van der Waals surface area contributed by atoms with E-state index in [0.29, 0.717) is 12.4 Å². The van der Waals surface area contributed by atoms with E-state index in [4.69, 9.17) is 4.74 Å². The van der Waals surface area contributed by atoms with Gasteiger partial charge in [0, 0.05) is 31.6 Å².